The zero-order valence-electron chi connectivity index (χ0n) is 18.9. The highest BCUT2D eigenvalue weighted by Gasteiger charge is 2.50. The maximum Gasteiger partial charge on any atom is 0.261 e. The Kier molecular flexibility index (Phi) is 6.75. The molecule has 2 aromatic carbocycles. The molecule has 2 aliphatic rings. The average molecular weight is 456 g/mol. The van der Waals surface area contributed by atoms with Crippen molar-refractivity contribution >= 4 is 36.3 Å². The van der Waals surface area contributed by atoms with Gasteiger partial charge in [-0.1, -0.05) is 81.4 Å². The second-order valence-electron chi connectivity index (χ2n) is 9.64. The van der Waals surface area contributed by atoms with Gasteiger partial charge in [-0.15, -0.1) is 11.6 Å². The summed E-state index contributed by atoms with van der Waals surface area (Å²) in [5.74, 6) is 1.62. The van der Waals surface area contributed by atoms with Crippen molar-refractivity contribution in [3.63, 3.8) is 0 Å². The molecular weight excluding hydrogens is 422 g/mol. The predicted molar refractivity (Wildman–Crippen MR) is 133 cm³/mol. The Morgan fingerprint density at radius 2 is 1.58 bits per heavy atom. The zero-order valence-corrected chi connectivity index (χ0v) is 20.6. The molecule has 0 aromatic heterocycles. The normalized spacial score (nSPS) is 21.8. The number of guanidine groups is 1. The Morgan fingerprint density at radius 3 is 2.13 bits per heavy atom. The number of nitrogens with zero attached hydrogens (tertiary/aromatic N) is 2. The lowest BCUT2D eigenvalue weighted by atomic mass is 10.1. The minimum Gasteiger partial charge on any atom is -0.405 e. The van der Waals surface area contributed by atoms with E-state index in [9.17, 15) is 0 Å². The summed E-state index contributed by atoms with van der Waals surface area (Å²) >= 11 is 6.10. The number of hydrogen-bond acceptors (Lipinski definition) is 4. The molecule has 2 heterocycles. The minimum absolute atomic E-state index is 0.0175. The summed E-state index contributed by atoms with van der Waals surface area (Å²) in [5, 5.41) is 6.14. The Balaban J connectivity index is 1.65. The van der Waals surface area contributed by atoms with E-state index in [4.69, 9.17) is 21.0 Å². The second kappa shape index (κ2) is 9.35. The van der Waals surface area contributed by atoms with Crippen LogP contribution in [0.5, 0.6) is 0 Å². The van der Waals surface area contributed by atoms with Gasteiger partial charge in [0.05, 0.1) is 12.6 Å². The van der Waals surface area contributed by atoms with Gasteiger partial charge in [0.15, 0.2) is 5.96 Å². The summed E-state index contributed by atoms with van der Waals surface area (Å²) in [6.07, 6.45) is 2.10. The number of hydrogen-bond donors (Lipinski definition) is 1. The molecule has 1 fully saturated rings. The topological polar surface area (TPSA) is 36.9 Å². The molecule has 2 atom stereocenters. The Labute approximate surface area is 192 Å². The molecule has 2 aliphatic heterocycles. The second-order valence-corrected chi connectivity index (χ2v) is 14.3. The molecule has 0 bridgehead atoms. The fourth-order valence-electron chi connectivity index (χ4n) is 4.86. The highest BCUT2D eigenvalue weighted by atomic mass is 35.5. The van der Waals surface area contributed by atoms with Gasteiger partial charge >= 0.3 is 0 Å². The fraction of sp³-hybridized carbons (Fsp3) is 0.480. The number of nitrogens with one attached hydrogen (secondary N) is 1. The molecule has 0 aliphatic carbocycles. The summed E-state index contributed by atoms with van der Waals surface area (Å²) in [6.45, 7) is 9.66. The van der Waals surface area contributed by atoms with Crippen LogP contribution < -0.4 is 15.7 Å². The number of halogens is 1. The molecule has 31 heavy (non-hydrogen) atoms. The molecule has 0 unspecified atom stereocenters. The van der Waals surface area contributed by atoms with Crippen molar-refractivity contribution in [1.82, 2.24) is 10.2 Å². The highest BCUT2D eigenvalue weighted by Crippen LogP contribution is 2.37. The van der Waals surface area contributed by atoms with Crippen molar-refractivity contribution in [1.29, 1.82) is 0 Å². The molecule has 2 aromatic rings. The Hall–Kier alpha value is -1.82. The Morgan fingerprint density at radius 1 is 1.00 bits per heavy atom. The van der Waals surface area contributed by atoms with Gasteiger partial charge in [-0.2, -0.15) is 0 Å². The molecule has 0 radical (unpaired) electrons. The van der Waals surface area contributed by atoms with Crippen LogP contribution in [0.15, 0.2) is 65.7 Å². The number of benzene rings is 2. The molecule has 1 saturated heterocycles. The van der Waals surface area contributed by atoms with E-state index in [0.717, 1.165) is 31.9 Å². The number of rotatable bonds is 6. The van der Waals surface area contributed by atoms with Crippen LogP contribution in [-0.2, 0) is 4.43 Å². The van der Waals surface area contributed by atoms with E-state index in [2.05, 4.69) is 91.7 Å². The highest BCUT2D eigenvalue weighted by molar-refractivity contribution is 6.99. The predicted octanol–water partition coefficient (Wildman–Crippen LogP) is 3.59. The monoisotopic (exact) mass is 455 g/mol. The molecule has 0 amide bonds. The van der Waals surface area contributed by atoms with Crippen LogP contribution in [0.1, 0.15) is 33.6 Å². The largest absolute Gasteiger partial charge is 0.405 e. The molecule has 0 saturated carbocycles. The SMILES string of the molecule is CC(C)(C)[Si](OC[C@@H]1CCN2CC[C@@H](CCl)NC2=N1)(c1ccccc1)c1ccccc1. The first-order valence-corrected chi connectivity index (χ1v) is 13.8. The zero-order chi connectivity index (χ0) is 21.9. The van der Waals surface area contributed by atoms with Gasteiger partial charge in [0.1, 0.15) is 0 Å². The first-order chi connectivity index (χ1) is 14.9. The molecule has 6 heteroatoms. The maximum absolute atomic E-state index is 7.10. The first kappa shape index (κ1) is 22.4. The maximum atomic E-state index is 7.10. The fourth-order valence-corrected chi connectivity index (χ4v) is 9.69. The van der Waals surface area contributed by atoms with Crippen LogP contribution in [-0.4, -0.2) is 56.8 Å². The Bertz CT molecular complexity index is 845. The van der Waals surface area contributed by atoms with Crippen LogP contribution in [0, 0.1) is 0 Å². The number of aliphatic imine (C=N–C) groups is 1. The van der Waals surface area contributed by atoms with Gasteiger partial charge < -0.3 is 14.6 Å². The van der Waals surface area contributed by atoms with Crippen LogP contribution in [0.2, 0.25) is 5.04 Å². The van der Waals surface area contributed by atoms with Gasteiger partial charge in [0.2, 0.25) is 0 Å². The molecular formula is C25H34ClN3OSi. The molecule has 0 spiro atoms. The molecule has 4 nitrogen and oxygen atoms in total. The molecule has 1 N–H and O–H groups in total. The first-order valence-electron chi connectivity index (χ1n) is 11.3. The molecule has 4 rings (SSSR count). The minimum atomic E-state index is -2.52. The van der Waals surface area contributed by atoms with Crippen molar-refractivity contribution < 1.29 is 4.43 Å². The van der Waals surface area contributed by atoms with E-state index in [1.54, 1.807) is 0 Å². The molecule has 166 valence electrons. The lowest BCUT2D eigenvalue weighted by Gasteiger charge is -2.44. The van der Waals surface area contributed by atoms with E-state index >= 15 is 0 Å². The van der Waals surface area contributed by atoms with Crippen molar-refractivity contribution in [2.75, 3.05) is 25.6 Å². The van der Waals surface area contributed by atoms with Crippen molar-refractivity contribution in [3.8, 4) is 0 Å². The third-order valence-corrected chi connectivity index (χ3v) is 11.9. The van der Waals surface area contributed by atoms with Gasteiger partial charge in [0, 0.05) is 25.0 Å². The average Bonchev–Trinajstić information content (AvgIpc) is 2.79. The van der Waals surface area contributed by atoms with Crippen molar-refractivity contribution in [2.24, 2.45) is 4.99 Å². The van der Waals surface area contributed by atoms with Crippen molar-refractivity contribution in [3.05, 3.63) is 60.7 Å². The van der Waals surface area contributed by atoms with Crippen molar-refractivity contribution in [2.45, 2.75) is 50.7 Å². The van der Waals surface area contributed by atoms with Gasteiger partial charge in [0.25, 0.3) is 8.32 Å². The van der Waals surface area contributed by atoms with Crippen LogP contribution in [0.4, 0.5) is 0 Å². The van der Waals surface area contributed by atoms with Gasteiger partial charge in [-0.05, 0) is 28.3 Å². The van der Waals surface area contributed by atoms with Crippen LogP contribution in [0.3, 0.4) is 0 Å². The van der Waals surface area contributed by atoms with E-state index < -0.39 is 8.32 Å². The van der Waals surface area contributed by atoms with E-state index in [0.29, 0.717) is 18.5 Å². The summed E-state index contributed by atoms with van der Waals surface area (Å²) < 4.78 is 7.10. The summed E-state index contributed by atoms with van der Waals surface area (Å²) in [4.78, 5) is 7.39. The van der Waals surface area contributed by atoms with E-state index in [1.165, 1.54) is 10.4 Å². The van der Waals surface area contributed by atoms with Crippen LogP contribution in [0.25, 0.3) is 0 Å². The standard InChI is InChI=1S/C25H34ClN3OSi/c1-25(2,3)31(22-10-6-4-7-11-22,23-12-8-5-9-13-23)30-19-21-15-17-29-16-14-20(18-26)27-24(29)28-21/h4-13,20-21H,14-19H2,1-3H3,(H,27,28)/t20-,21-/m0/s1. The smallest absolute Gasteiger partial charge is 0.261 e. The summed E-state index contributed by atoms with van der Waals surface area (Å²) in [7, 11) is -2.52. The van der Waals surface area contributed by atoms with E-state index in [1.807, 2.05) is 0 Å². The number of fused-ring (bicyclic) bond motifs is 1. The third-order valence-electron chi connectivity index (χ3n) is 6.51. The van der Waals surface area contributed by atoms with Gasteiger partial charge in [-0.25, -0.2) is 4.99 Å². The van der Waals surface area contributed by atoms with Crippen LogP contribution >= 0.6 is 11.6 Å². The van der Waals surface area contributed by atoms with Gasteiger partial charge in [-0.3, -0.25) is 0 Å². The lowest BCUT2D eigenvalue weighted by Crippen LogP contribution is -2.67. The lowest BCUT2D eigenvalue weighted by molar-refractivity contribution is 0.233. The summed E-state index contributed by atoms with van der Waals surface area (Å²) in [5.41, 5.74) is 0. The number of alkyl halides is 1. The van der Waals surface area contributed by atoms with E-state index in [-0.39, 0.29) is 11.1 Å². The quantitative estimate of drug-likeness (QED) is 0.534. The third kappa shape index (κ3) is 4.55. The summed E-state index contributed by atoms with van der Waals surface area (Å²) in [6, 6.07) is 22.1.